The molecular formula is C16H28N2O2Si. The van der Waals surface area contributed by atoms with Gasteiger partial charge in [0.2, 0.25) is 0 Å². The summed E-state index contributed by atoms with van der Waals surface area (Å²) in [5.74, 6) is 0.659. The fraction of sp³-hybridized carbons (Fsp3) is 0.625. The van der Waals surface area contributed by atoms with Crippen LogP contribution in [0.15, 0.2) is 12.3 Å². The van der Waals surface area contributed by atoms with E-state index in [4.69, 9.17) is 4.74 Å². The predicted octanol–water partition coefficient (Wildman–Crippen LogP) is 2.89. The molecule has 0 aliphatic carbocycles. The van der Waals surface area contributed by atoms with Gasteiger partial charge >= 0.3 is 0 Å². The lowest BCUT2D eigenvalue weighted by atomic mass is 10.1. The van der Waals surface area contributed by atoms with Crippen LogP contribution in [-0.4, -0.2) is 43.1 Å². The fourth-order valence-corrected chi connectivity index (χ4v) is 3.94. The van der Waals surface area contributed by atoms with Crippen LogP contribution in [0.5, 0.6) is 5.75 Å². The normalized spacial score (nSPS) is 11.9. The van der Waals surface area contributed by atoms with Gasteiger partial charge in [0.25, 0.3) is 5.91 Å². The van der Waals surface area contributed by atoms with E-state index >= 15 is 0 Å². The summed E-state index contributed by atoms with van der Waals surface area (Å²) >= 11 is 0. The van der Waals surface area contributed by atoms with E-state index < -0.39 is 8.07 Å². The third-order valence-electron chi connectivity index (χ3n) is 3.40. The molecule has 0 radical (unpaired) electrons. The summed E-state index contributed by atoms with van der Waals surface area (Å²) in [5.41, 5.74) is 0.618. The van der Waals surface area contributed by atoms with Crippen molar-refractivity contribution in [2.24, 2.45) is 0 Å². The highest BCUT2D eigenvalue weighted by Crippen LogP contribution is 2.22. The number of hydrogen-bond donors (Lipinski definition) is 0. The van der Waals surface area contributed by atoms with Crippen LogP contribution in [-0.2, 0) is 0 Å². The zero-order chi connectivity index (χ0) is 16.4. The van der Waals surface area contributed by atoms with Crippen molar-refractivity contribution in [3.63, 3.8) is 0 Å². The molecule has 0 atom stereocenters. The Morgan fingerprint density at radius 1 is 1.19 bits per heavy atom. The lowest BCUT2D eigenvalue weighted by Gasteiger charge is -2.32. The molecule has 0 spiro atoms. The van der Waals surface area contributed by atoms with Crippen molar-refractivity contribution in [2.75, 3.05) is 7.11 Å². The minimum atomic E-state index is -1.67. The van der Waals surface area contributed by atoms with Crippen molar-refractivity contribution in [2.45, 2.75) is 59.4 Å². The highest BCUT2D eigenvalue weighted by molar-refractivity contribution is 6.88. The lowest BCUT2D eigenvalue weighted by Crippen LogP contribution is -2.45. The molecule has 0 aliphatic rings. The van der Waals surface area contributed by atoms with Crippen molar-refractivity contribution in [3.05, 3.63) is 17.8 Å². The van der Waals surface area contributed by atoms with E-state index in [1.54, 1.807) is 19.4 Å². The number of ether oxygens (including phenoxy) is 1. The molecule has 21 heavy (non-hydrogen) atoms. The molecule has 4 nitrogen and oxygen atoms in total. The maximum atomic E-state index is 12.9. The molecule has 0 aromatic carbocycles. The van der Waals surface area contributed by atoms with E-state index in [9.17, 15) is 4.79 Å². The van der Waals surface area contributed by atoms with Gasteiger partial charge in [-0.05, 0) is 33.8 Å². The van der Waals surface area contributed by atoms with Gasteiger partial charge in [0.1, 0.15) is 13.8 Å². The first-order valence-corrected chi connectivity index (χ1v) is 11.0. The molecule has 0 fully saturated rings. The molecule has 1 rings (SSSR count). The fourth-order valence-electron chi connectivity index (χ4n) is 2.56. The predicted molar refractivity (Wildman–Crippen MR) is 90.2 cm³/mol. The van der Waals surface area contributed by atoms with Gasteiger partial charge in [-0.3, -0.25) is 9.78 Å². The van der Waals surface area contributed by atoms with E-state index in [0.717, 1.165) is 5.32 Å². The Kier molecular flexibility index (Phi) is 5.56. The quantitative estimate of drug-likeness (QED) is 0.786. The third-order valence-corrected chi connectivity index (χ3v) is 5.17. The first-order valence-electron chi connectivity index (χ1n) is 7.47. The lowest BCUT2D eigenvalue weighted by molar-refractivity contribution is 0.0640. The number of aromatic nitrogens is 1. The molecule has 1 heterocycles. The highest BCUT2D eigenvalue weighted by atomic mass is 28.3. The summed E-state index contributed by atoms with van der Waals surface area (Å²) in [7, 11) is -0.0545. The number of methoxy groups -OCH3 is 1. The molecule has 0 saturated heterocycles. The Labute approximate surface area is 129 Å². The second-order valence-electron chi connectivity index (χ2n) is 6.89. The van der Waals surface area contributed by atoms with E-state index in [1.807, 2.05) is 32.6 Å². The average Bonchev–Trinajstić information content (AvgIpc) is 2.35. The van der Waals surface area contributed by atoms with E-state index in [0.29, 0.717) is 11.3 Å². The number of nitrogens with zero attached hydrogens (tertiary/aromatic N) is 2. The molecule has 1 aromatic heterocycles. The zero-order valence-electron chi connectivity index (χ0n) is 14.5. The van der Waals surface area contributed by atoms with E-state index in [2.05, 4.69) is 24.6 Å². The van der Waals surface area contributed by atoms with Gasteiger partial charge in [0.05, 0.1) is 18.0 Å². The molecular weight excluding hydrogens is 280 g/mol. The molecule has 0 aliphatic heterocycles. The van der Waals surface area contributed by atoms with Gasteiger partial charge in [-0.15, -0.1) is 0 Å². The van der Waals surface area contributed by atoms with Crippen LogP contribution in [0, 0.1) is 0 Å². The summed E-state index contributed by atoms with van der Waals surface area (Å²) in [4.78, 5) is 19.3. The zero-order valence-corrected chi connectivity index (χ0v) is 15.5. The van der Waals surface area contributed by atoms with Crippen molar-refractivity contribution >= 4 is 19.3 Å². The third kappa shape index (κ3) is 3.84. The topological polar surface area (TPSA) is 42.4 Å². The summed E-state index contributed by atoms with van der Waals surface area (Å²) in [5, 5.41) is 0.948. The summed E-state index contributed by atoms with van der Waals surface area (Å²) in [6.45, 7) is 14.7. The summed E-state index contributed by atoms with van der Waals surface area (Å²) in [6, 6.07) is 2.05. The van der Waals surface area contributed by atoms with Crippen LogP contribution in [0.4, 0.5) is 0 Å². The minimum Gasteiger partial charge on any atom is -0.494 e. The van der Waals surface area contributed by atoms with Crippen LogP contribution in [0.3, 0.4) is 0 Å². The number of carbonyl (C=O) groups excluding carboxylic acids is 1. The average molecular weight is 308 g/mol. The number of pyridine rings is 1. The van der Waals surface area contributed by atoms with Gasteiger partial charge in [0, 0.05) is 18.3 Å². The van der Waals surface area contributed by atoms with E-state index in [-0.39, 0.29) is 18.0 Å². The Balaban J connectivity index is 3.40. The Morgan fingerprint density at radius 2 is 1.71 bits per heavy atom. The monoisotopic (exact) mass is 308 g/mol. The summed E-state index contributed by atoms with van der Waals surface area (Å²) < 4.78 is 5.56. The number of amides is 1. The van der Waals surface area contributed by atoms with Crippen molar-refractivity contribution in [3.8, 4) is 5.75 Å². The Morgan fingerprint density at radius 3 is 2.10 bits per heavy atom. The van der Waals surface area contributed by atoms with Gasteiger partial charge in [0.15, 0.2) is 0 Å². The maximum absolute atomic E-state index is 12.9. The molecule has 5 heteroatoms. The standard InChI is InChI=1S/C16H28N2O2Si/c1-11(2)18(12(3)4)16(19)13-9-10-17-15(14(13)20-5)21(6,7)8/h9-12H,1-8H3. The molecule has 1 aromatic rings. The van der Waals surface area contributed by atoms with Crippen LogP contribution < -0.4 is 10.1 Å². The van der Waals surface area contributed by atoms with Crippen molar-refractivity contribution in [1.29, 1.82) is 0 Å². The number of carbonyl (C=O) groups is 1. The SMILES string of the molecule is COc1c(C(=O)N(C(C)C)C(C)C)ccnc1[Si](C)(C)C. The summed E-state index contributed by atoms with van der Waals surface area (Å²) in [6.07, 6.45) is 1.72. The minimum absolute atomic E-state index is 0.0127. The number of rotatable bonds is 5. The molecule has 0 unspecified atom stereocenters. The van der Waals surface area contributed by atoms with Crippen molar-refractivity contribution in [1.82, 2.24) is 9.88 Å². The maximum Gasteiger partial charge on any atom is 0.258 e. The number of hydrogen-bond acceptors (Lipinski definition) is 3. The Bertz CT molecular complexity index is 499. The molecule has 0 N–H and O–H groups in total. The van der Waals surface area contributed by atoms with E-state index in [1.165, 1.54) is 0 Å². The van der Waals surface area contributed by atoms with Gasteiger partial charge in [-0.1, -0.05) is 19.6 Å². The second-order valence-corrected chi connectivity index (χ2v) is 11.9. The highest BCUT2D eigenvalue weighted by Gasteiger charge is 2.30. The molecule has 1 amide bonds. The van der Waals surface area contributed by atoms with Crippen LogP contribution in [0.1, 0.15) is 38.1 Å². The largest absolute Gasteiger partial charge is 0.494 e. The molecule has 0 bridgehead atoms. The van der Waals surface area contributed by atoms with Crippen LogP contribution >= 0.6 is 0 Å². The van der Waals surface area contributed by atoms with Gasteiger partial charge in [-0.25, -0.2) is 0 Å². The Hall–Kier alpha value is -1.36. The van der Waals surface area contributed by atoms with Crippen LogP contribution in [0.25, 0.3) is 0 Å². The second kappa shape index (κ2) is 6.60. The first kappa shape index (κ1) is 17.7. The van der Waals surface area contributed by atoms with Gasteiger partial charge < -0.3 is 9.64 Å². The first-order chi connectivity index (χ1) is 9.61. The van der Waals surface area contributed by atoms with Gasteiger partial charge in [-0.2, -0.15) is 0 Å². The molecule has 118 valence electrons. The van der Waals surface area contributed by atoms with Crippen LogP contribution in [0.2, 0.25) is 19.6 Å². The smallest absolute Gasteiger partial charge is 0.258 e. The van der Waals surface area contributed by atoms with Crippen molar-refractivity contribution < 1.29 is 9.53 Å². The molecule has 0 saturated carbocycles.